The highest BCUT2D eigenvalue weighted by Crippen LogP contribution is 2.29. The first-order valence-corrected chi connectivity index (χ1v) is 11.7. The normalized spacial score (nSPS) is 17.8. The van der Waals surface area contributed by atoms with Gasteiger partial charge in [0.15, 0.2) is 11.6 Å². The Balaban J connectivity index is 1.43. The molecule has 0 bridgehead atoms. The smallest absolute Gasteiger partial charge is 0.255 e. The molecule has 35 heavy (non-hydrogen) atoms. The van der Waals surface area contributed by atoms with Crippen molar-refractivity contribution in [1.82, 2.24) is 9.88 Å². The van der Waals surface area contributed by atoms with Crippen LogP contribution in [0.5, 0.6) is 11.5 Å². The molecule has 1 aromatic heterocycles. The number of amides is 1. The summed E-state index contributed by atoms with van der Waals surface area (Å²) in [5.41, 5.74) is 5.52. The highest BCUT2D eigenvalue weighted by Gasteiger charge is 2.36. The van der Waals surface area contributed by atoms with E-state index < -0.39 is 11.4 Å². The second kappa shape index (κ2) is 10.7. The number of anilines is 1. The Morgan fingerprint density at radius 3 is 2.66 bits per heavy atom. The zero-order valence-electron chi connectivity index (χ0n) is 18.7. The van der Waals surface area contributed by atoms with E-state index in [0.717, 1.165) is 0 Å². The first-order chi connectivity index (χ1) is 16.7. The Morgan fingerprint density at radius 2 is 1.91 bits per heavy atom. The molecule has 0 radical (unpaired) electrons. The van der Waals surface area contributed by atoms with Crippen molar-refractivity contribution in [3.63, 3.8) is 0 Å². The fourth-order valence-corrected chi connectivity index (χ4v) is 4.37. The number of nitrogen functional groups attached to an aromatic ring is 1. The molecule has 3 aromatic rings. The number of aliphatic hydroxyl groups is 1. The summed E-state index contributed by atoms with van der Waals surface area (Å²) < 4.78 is 24.8. The second-order valence-corrected chi connectivity index (χ2v) is 9.21. The molecule has 184 valence electrons. The quantitative estimate of drug-likeness (QED) is 0.468. The van der Waals surface area contributed by atoms with Crippen LogP contribution in [0.15, 0.2) is 54.7 Å². The molecular weight excluding hydrogens is 496 g/mol. The molecule has 7 nitrogen and oxygen atoms in total. The summed E-state index contributed by atoms with van der Waals surface area (Å²) in [5, 5.41) is 11.9. The van der Waals surface area contributed by atoms with E-state index in [9.17, 15) is 14.3 Å². The molecule has 1 fully saturated rings. The van der Waals surface area contributed by atoms with Crippen LogP contribution in [0, 0.1) is 5.82 Å². The molecule has 1 saturated heterocycles. The van der Waals surface area contributed by atoms with Crippen molar-refractivity contribution in [2.45, 2.75) is 25.0 Å². The number of hydrogen-bond acceptors (Lipinski definition) is 6. The molecule has 1 aliphatic heterocycles. The Bertz CT molecular complexity index is 1210. The number of piperidine rings is 1. The minimum Gasteiger partial charge on any atom is -0.490 e. The number of carbonyl (C=O) groups is 1. The lowest BCUT2D eigenvalue weighted by atomic mass is 9.93. The van der Waals surface area contributed by atoms with E-state index in [1.54, 1.807) is 24.3 Å². The van der Waals surface area contributed by atoms with Crippen LogP contribution in [0.4, 0.5) is 10.2 Å². The third-order valence-corrected chi connectivity index (χ3v) is 6.42. The number of likely N-dealkylation sites (tertiary alicyclic amines) is 1. The van der Waals surface area contributed by atoms with Crippen LogP contribution in [-0.4, -0.2) is 46.2 Å². The number of pyridine rings is 1. The van der Waals surface area contributed by atoms with Crippen LogP contribution in [0.25, 0.3) is 0 Å². The first kappa shape index (κ1) is 25.0. The van der Waals surface area contributed by atoms with Crippen molar-refractivity contribution < 1.29 is 23.8 Å². The summed E-state index contributed by atoms with van der Waals surface area (Å²) in [5.74, 6) is -0.121. The van der Waals surface area contributed by atoms with Gasteiger partial charge < -0.3 is 25.2 Å². The minimum atomic E-state index is -1.28. The molecule has 1 aliphatic rings. The molecule has 1 atom stereocenters. The predicted octanol–water partition coefficient (Wildman–Crippen LogP) is 4.73. The van der Waals surface area contributed by atoms with Gasteiger partial charge in [0, 0.05) is 34.4 Å². The van der Waals surface area contributed by atoms with Crippen LogP contribution in [0.1, 0.15) is 28.8 Å². The molecule has 0 aliphatic carbocycles. The predicted molar refractivity (Wildman–Crippen MR) is 131 cm³/mol. The first-order valence-electron chi connectivity index (χ1n) is 11.0. The van der Waals surface area contributed by atoms with Gasteiger partial charge >= 0.3 is 0 Å². The number of nitrogens with zero attached hydrogens (tertiary/aromatic N) is 2. The maximum absolute atomic E-state index is 13.4. The van der Waals surface area contributed by atoms with Gasteiger partial charge in [-0.3, -0.25) is 4.79 Å². The summed E-state index contributed by atoms with van der Waals surface area (Å²) in [6.45, 7) is 0.476. The van der Waals surface area contributed by atoms with E-state index in [0.29, 0.717) is 40.7 Å². The van der Waals surface area contributed by atoms with E-state index >= 15 is 0 Å². The number of halogens is 3. The average Bonchev–Trinajstić information content (AvgIpc) is 2.83. The van der Waals surface area contributed by atoms with Gasteiger partial charge in [-0.05, 0) is 43.2 Å². The van der Waals surface area contributed by atoms with Gasteiger partial charge in [-0.25, -0.2) is 9.37 Å². The molecule has 1 unspecified atom stereocenters. The molecule has 0 saturated carbocycles. The number of hydrogen-bond donors (Lipinski definition) is 2. The Hall–Kier alpha value is -3.07. The third-order valence-electron chi connectivity index (χ3n) is 5.71. The number of aromatic nitrogens is 1. The number of rotatable bonds is 7. The third kappa shape index (κ3) is 6.14. The largest absolute Gasteiger partial charge is 0.490 e. The van der Waals surface area contributed by atoms with Crippen molar-refractivity contribution in [3.8, 4) is 11.5 Å². The number of benzene rings is 2. The number of carbonyl (C=O) groups excluding carboxylic acids is 1. The second-order valence-electron chi connectivity index (χ2n) is 8.40. The van der Waals surface area contributed by atoms with Crippen LogP contribution < -0.4 is 15.2 Å². The zero-order valence-corrected chi connectivity index (χ0v) is 20.2. The van der Waals surface area contributed by atoms with E-state index in [2.05, 4.69) is 4.98 Å². The van der Waals surface area contributed by atoms with Crippen molar-refractivity contribution in [2.24, 2.45) is 0 Å². The molecule has 2 aromatic carbocycles. The molecule has 2 heterocycles. The van der Waals surface area contributed by atoms with E-state index in [-0.39, 0.29) is 42.8 Å². The van der Waals surface area contributed by atoms with Crippen LogP contribution in [-0.2, 0) is 6.61 Å². The maximum Gasteiger partial charge on any atom is 0.255 e. The molecule has 4 rings (SSSR count). The molecular formula is C25H24Cl2FN3O4. The monoisotopic (exact) mass is 519 g/mol. The summed E-state index contributed by atoms with van der Waals surface area (Å²) in [4.78, 5) is 18.8. The Labute approximate surface area is 212 Å². The summed E-state index contributed by atoms with van der Waals surface area (Å²) in [7, 11) is 0. The molecule has 1 amide bonds. The highest BCUT2D eigenvalue weighted by molar-refractivity contribution is 6.35. The lowest BCUT2D eigenvalue weighted by Gasteiger charge is -2.39. The van der Waals surface area contributed by atoms with Crippen molar-refractivity contribution in [2.75, 3.05) is 25.4 Å². The van der Waals surface area contributed by atoms with E-state index in [1.165, 1.54) is 35.4 Å². The van der Waals surface area contributed by atoms with Gasteiger partial charge in [-0.1, -0.05) is 35.3 Å². The van der Waals surface area contributed by atoms with Crippen molar-refractivity contribution >= 4 is 34.9 Å². The van der Waals surface area contributed by atoms with Crippen molar-refractivity contribution in [1.29, 1.82) is 0 Å². The Kier molecular flexibility index (Phi) is 7.64. The summed E-state index contributed by atoms with van der Waals surface area (Å²) >= 11 is 12.4. The van der Waals surface area contributed by atoms with Gasteiger partial charge in [0.1, 0.15) is 30.4 Å². The lowest BCUT2D eigenvalue weighted by molar-refractivity contribution is -0.0532. The van der Waals surface area contributed by atoms with E-state index in [4.69, 9.17) is 38.4 Å². The topological polar surface area (TPSA) is 97.9 Å². The zero-order chi connectivity index (χ0) is 25.0. The highest BCUT2D eigenvalue weighted by atomic mass is 35.5. The summed E-state index contributed by atoms with van der Waals surface area (Å²) in [6, 6.07) is 12.3. The van der Waals surface area contributed by atoms with Gasteiger partial charge in [-0.15, -0.1) is 0 Å². The molecule has 10 heteroatoms. The minimum absolute atomic E-state index is 0.0446. The standard InChI is InChI=1S/C25H24Cl2FN3O4/c26-20-6-2-7-21(27)19(20)13-34-22-10-16(12-30-23(22)29)24(32)31-9-3-8-25(33,14-31)15-35-18-5-1-4-17(28)11-18/h1-2,4-7,10-12,33H,3,8-9,13-15H2,(H2,29,30). The van der Waals surface area contributed by atoms with Gasteiger partial charge in [0.25, 0.3) is 5.91 Å². The van der Waals surface area contributed by atoms with Gasteiger partial charge in [-0.2, -0.15) is 0 Å². The SMILES string of the molecule is Nc1ncc(C(=O)N2CCCC(O)(COc3cccc(F)c3)C2)cc1OCc1c(Cl)cccc1Cl. The summed E-state index contributed by atoms with van der Waals surface area (Å²) in [6.07, 6.45) is 2.38. The van der Waals surface area contributed by atoms with Gasteiger partial charge in [0.05, 0.1) is 12.1 Å². The fourth-order valence-electron chi connectivity index (χ4n) is 3.87. The number of β-amino-alcohol motifs (C(OH)–C–C–N with tert-alkyl or cyclic N) is 1. The molecule has 3 N–H and O–H groups in total. The number of ether oxygens (including phenoxy) is 2. The Morgan fingerprint density at radius 1 is 1.17 bits per heavy atom. The average molecular weight is 520 g/mol. The van der Waals surface area contributed by atoms with Crippen molar-refractivity contribution in [3.05, 3.63) is 81.7 Å². The van der Waals surface area contributed by atoms with Crippen LogP contribution in [0.2, 0.25) is 10.0 Å². The van der Waals surface area contributed by atoms with Crippen LogP contribution >= 0.6 is 23.2 Å². The van der Waals surface area contributed by atoms with Gasteiger partial charge in [0.2, 0.25) is 0 Å². The number of nitrogens with two attached hydrogens (primary N) is 1. The maximum atomic E-state index is 13.4. The lowest BCUT2D eigenvalue weighted by Crippen LogP contribution is -2.53. The van der Waals surface area contributed by atoms with Crippen LogP contribution in [0.3, 0.4) is 0 Å². The molecule has 0 spiro atoms. The van der Waals surface area contributed by atoms with E-state index in [1.807, 2.05) is 0 Å². The fraction of sp³-hybridized carbons (Fsp3) is 0.280.